The van der Waals surface area contributed by atoms with Gasteiger partial charge in [-0.1, -0.05) is 6.42 Å². The first-order valence-corrected chi connectivity index (χ1v) is 9.45. The Bertz CT molecular complexity index is 1010. The van der Waals surface area contributed by atoms with Gasteiger partial charge >= 0.3 is 0 Å². The zero-order valence-electron chi connectivity index (χ0n) is 16.3. The molecule has 0 aliphatic heterocycles. The van der Waals surface area contributed by atoms with E-state index in [9.17, 15) is 4.79 Å². The van der Waals surface area contributed by atoms with Gasteiger partial charge in [0.05, 0.1) is 5.69 Å². The lowest BCUT2D eigenvalue weighted by Gasteiger charge is -2.24. The van der Waals surface area contributed by atoms with Crippen molar-refractivity contribution in [3.8, 4) is 17.4 Å². The molecule has 1 N–H and O–H groups in total. The van der Waals surface area contributed by atoms with E-state index in [1.54, 1.807) is 12.4 Å². The van der Waals surface area contributed by atoms with Gasteiger partial charge in [-0.15, -0.1) is 0 Å². The van der Waals surface area contributed by atoms with Crippen LogP contribution in [0.25, 0.3) is 5.82 Å². The molecule has 1 fully saturated rings. The molecule has 0 bridgehead atoms. The van der Waals surface area contributed by atoms with E-state index in [4.69, 9.17) is 4.74 Å². The molecule has 3 aromatic rings. The van der Waals surface area contributed by atoms with Crippen LogP contribution in [0.2, 0.25) is 0 Å². The van der Waals surface area contributed by atoms with Crippen molar-refractivity contribution in [3.63, 3.8) is 0 Å². The van der Waals surface area contributed by atoms with Crippen molar-refractivity contribution in [2.75, 3.05) is 5.32 Å². The van der Waals surface area contributed by atoms with Gasteiger partial charge in [-0.3, -0.25) is 9.36 Å². The average molecular weight is 377 g/mol. The molecule has 4 rings (SSSR count). The van der Waals surface area contributed by atoms with Crippen LogP contribution in [0.3, 0.4) is 0 Å². The molecule has 144 valence electrons. The maximum atomic E-state index is 12.0. The summed E-state index contributed by atoms with van der Waals surface area (Å²) in [5.74, 6) is 2.69. The fourth-order valence-corrected chi connectivity index (χ4v) is 3.07. The molecular weight excluding hydrogens is 354 g/mol. The maximum Gasteiger partial charge on any atom is 0.227 e. The standard InChI is InChI=1S/C21H23N5O2/c1-13-14(2)26(12-22-13)19-11-20(24-15(3)23-19)28-18-9-7-17(8-10-18)25-21(27)16-5-4-6-16/h7-12,16H,4-6H2,1-3H3,(H,25,27). The number of hydrogen-bond donors (Lipinski definition) is 1. The fraction of sp³-hybridized carbons (Fsp3) is 0.333. The van der Waals surface area contributed by atoms with E-state index in [1.165, 1.54) is 0 Å². The summed E-state index contributed by atoms with van der Waals surface area (Å²) < 4.78 is 7.82. The second kappa shape index (κ2) is 7.42. The van der Waals surface area contributed by atoms with Crippen molar-refractivity contribution in [3.05, 3.63) is 53.9 Å². The zero-order chi connectivity index (χ0) is 19.7. The number of aryl methyl sites for hydroxylation is 2. The van der Waals surface area contributed by atoms with Crippen LogP contribution in [0, 0.1) is 26.7 Å². The Hall–Kier alpha value is -3.22. The Kier molecular flexibility index (Phi) is 4.81. The minimum absolute atomic E-state index is 0.0991. The summed E-state index contributed by atoms with van der Waals surface area (Å²) >= 11 is 0. The quantitative estimate of drug-likeness (QED) is 0.723. The Morgan fingerprint density at radius 1 is 1.14 bits per heavy atom. The van der Waals surface area contributed by atoms with Gasteiger partial charge in [0.15, 0.2) is 0 Å². The molecule has 1 aromatic carbocycles. The topological polar surface area (TPSA) is 81.9 Å². The van der Waals surface area contributed by atoms with Gasteiger partial charge in [-0.05, 0) is 57.9 Å². The first-order chi connectivity index (χ1) is 13.5. The van der Waals surface area contributed by atoms with Crippen molar-refractivity contribution in [2.45, 2.75) is 40.0 Å². The molecule has 7 heteroatoms. The molecule has 7 nitrogen and oxygen atoms in total. The van der Waals surface area contributed by atoms with Gasteiger partial charge in [0.1, 0.15) is 23.7 Å². The van der Waals surface area contributed by atoms with Gasteiger partial charge in [-0.25, -0.2) is 9.97 Å². The number of ether oxygens (including phenoxy) is 1. The molecule has 0 unspecified atom stereocenters. The summed E-state index contributed by atoms with van der Waals surface area (Å²) in [6.07, 6.45) is 4.86. The molecule has 0 saturated heterocycles. The second-order valence-corrected chi connectivity index (χ2v) is 7.14. The third-order valence-corrected chi connectivity index (χ3v) is 5.12. The normalized spacial score (nSPS) is 13.8. The van der Waals surface area contributed by atoms with Crippen molar-refractivity contribution < 1.29 is 9.53 Å². The maximum absolute atomic E-state index is 12.0. The SMILES string of the molecule is Cc1nc(Oc2ccc(NC(=O)C3CCC3)cc2)cc(-n2cnc(C)c2C)n1. The number of hydrogen-bond acceptors (Lipinski definition) is 5. The molecule has 28 heavy (non-hydrogen) atoms. The molecule has 0 radical (unpaired) electrons. The van der Waals surface area contributed by atoms with E-state index >= 15 is 0 Å². The first-order valence-electron chi connectivity index (χ1n) is 9.45. The predicted octanol–water partition coefficient (Wildman–Crippen LogP) is 4.12. The summed E-state index contributed by atoms with van der Waals surface area (Å²) in [4.78, 5) is 25.2. The molecule has 1 saturated carbocycles. The van der Waals surface area contributed by atoms with Crippen LogP contribution in [-0.2, 0) is 4.79 Å². The number of carbonyl (C=O) groups is 1. The number of benzene rings is 1. The van der Waals surface area contributed by atoms with Crippen molar-refractivity contribution >= 4 is 11.6 Å². The number of anilines is 1. The number of imidazole rings is 1. The third-order valence-electron chi connectivity index (χ3n) is 5.12. The fourth-order valence-electron chi connectivity index (χ4n) is 3.07. The molecule has 1 amide bonds. The van der Waals surface area contributed by atoms with E-state index in [0.717, 1.165) is 36.3 Å². The minimum atomic E-state index is 0.0991. The number of nitrogens with zero attached hydrogens (tertiary/aromatic N) is 4. The third kappa shape index (κ3) is 3.74. The highest BCUT2D eigenvalue weighted by Crippen LogP contribution is 2.28. The summed E-state index contributed by atoms with van der Waals surface area (Å²) in [5.41, 5.74) is 2.75. The molecule has 2 aromatic heterocycles. The molecule has 1 aliphatic rings. The highest BCUT2D eigenvalue weighted by Gasteiger charge is 2.25. The van der Waals surface area contributed by atoms with Gasteiger partial charge in [0, 0.05) is 23.4 Å². The molecular formula is C21H23N5O2. The summed E-state index contributed by atoms with van der Waals surface area (Å²) in [7, 11) is 0. The largest absolute Gasteiger partial charge is 0.439 e. The van der Waals surface area contributed by atoms with E-state index < -0.39 is 0 Å². The number of rotatable bonds is 5. The van der Waals surface area contributed by atoms with Crippen LogP contribution in [-0.4, -0.2) is 25.4 Å². The average Bonchev–Trinajstić information content (AvgIpc) is 2.94. The smallest absolute Gasteiger partial charge is 0.227 e. The van der Waals surface area contributed by atoms with Crippen LogP contribution in [0.5, 0.6) is 11.6 Å². The number of aromatic nitrogens is 4. The highest BCUT2D eigenvalue weighted by molar-refractivity contribution is 5.93. The summed E-state index contributed by atoms with van der Waals surface area (Å²) in [5, 5.41) is 2.95. The van der Waals surface area contributed by atoms with Crippen LogP contribution < -0.4 is 10.1 Å². The van der Waals surface area contributed by atoms with Gasteiger partial charge in [-0.2, -0.15) is 4.98 Å². The number of nitrogens with one attached hydrogen (secondary N) is 1. The Morgan fingerprint density at radius 2 is 1.89 bits per heavy atom. The number of carbonyl (C=O) groups excluding carboxylic acids is 1. The molecule has 0 atom stereocenters. The number of amides is 1. The highest BCUT2D eigenvalue weighted by atomic mass is 16.5. The van der Waals surface area contributed by atoms with Crippen molar-refractivity contribution in [1.29, 1.82) is 0 Å². The van der Waals surface area contributed by atoms with E-state index in [0.29, 0.717) is 23.3 Å². The lowest BCUT2D eigenvalue weighted by atomic mass is 9.85. The Morgan fingerprint density at radius 3 is 2.50 bits per heavy atom. The van der Waals surface area contributed by atoms with Crippen LogP contribution >= 0.6 is 0 Å². The minimum Gasteiger partial charge on any atom is -0.439 e. The van der Waals surface area contributed by atoms with E-state index in [2.05, 4.69) is 20.3 Å². The molecule has 1 aliphatic carbocycles. The van der Waals surface area contributed by atoms with Crippen LogP contribution in [0.4, 0.5) is 5.69 Å². The second-order valence-electron chi connectivity index (χ2n) is 7.14. The van der Waals surface area contributed by atoms with Gasteiger partial charge < -0.3 is 10.1 Å². The van der Waals surface area contributed by atoms with Crippen LogP contribution in [0.15, 0.2) is 36.7 Å². The monoisotopic (exact) mass is 377 g/mol. The van der Waals surface area contributed by atoms with E-state index in [-0.39, 0.29) is 11.8 Å². The van der Waals surface area contributed by atoms with Crippen molar-refractivity contribution in [1.82, 2.24) is 19.5 Å². The van der Waals surface area contributed by atoms with Crippen LogP contribution in [0.1, 0.15) is 36.5 Å². The predicted molar refractivity (Wildman–Crippen MR) is 106 cm³/mol. The lowest BCUT2D eigenvalue weighted by Crippen LogP contribution is -2.27. The van der Waals surface area contributed by atoms with E-state index in [1.807, 2.05) is 49.6 Å². The van der Waals surface area contributed by atoms with Gasteiger partial charge in [0.2, 0.25) is 11.8 Å². The summed E-state index contributed by atoms with van der Waals surface area (Å²) in [6.45, 7) is 5.79. The lowest BCUT2D eigenvalue weighted by molar-refractivity contribution is -0.122. The summed E-state index contributed by atoms with van der Waals surface area (Å²) in [6, 6.07) is 9.10. The van der Waals surface area contributed by atoms with Crippen molar-refractivity contribution in [2.24, 2.45) is 5.92 Å². The molecule has 0 spiro atoms. The Labute approximate surface area is 163 Å². The molecule has 2 heterocycles. The zero-order valence-corrected chi connectivity index (χ0v) is 16.3. The van der Waals surface area contributed by atoms with Gasteiger partial charge in [0.25, 0.3) is 0 Å². The first kappa shape index (κ1) is 18.2. The Balaban J connectivity index is 1.49.